The number of hydrogen-bond donors (Lipinski definition) is 2. The largest absolute Gasteiger partial charge is 0.481 e. The quantitative estimate of drug-likeness (QED) is 0.602. The van der Waals surface area contributed by atoms with Crippen LogP contribution in [0.4, 0.5) is 0 Å². The van der Waals surface area contributed by atoms with Gasteiger partial charge in [-0.2, -0.15) is 0 Å². The van der Waals surface area contributed by atoms with Crippen LogP contribution in [0.15, 0.2) is 30.3 Å². The lowest BCUT2D eigenvalue weighted by atomic mass is 9.84. The number of ketones is 1. The van der Waals surface area contributed by atoms with Crippen LogP contribution < -0.4 is 0 Å². The average molecular weight is 233 g/mol. The van der Waals surface area contributed by atoms with Gasteiger partial charge in [0.15, 0.2) is 5.78 Å². The molecule has 4 heteroatoms. The number of carbonyl (C=O) groups is 2. The summed E-state index contributed by atoms with van der Waals surface area (Å²) in [6, 6.07) is 9.08. The molecule has 1 aromatic carbocycles. The van der Waals surface area contributed by atoms with Gasteiger partial charge in [0.25, 0.3) is 0 Å². The molecule has 0 aliphatic carbocycles. The van der Waals surface area contributed by atoms with E-state index < -0.39 is 17.2 Å². The molecule has 0 saturated heterocycles. The van der Waals surface area contributed by atoms with Crippen LogP contribution in [0.2, 0.25) is 0 Å². The summed E-state index contributed by atoms with van der Waals surface area (Å²) in [4.78, 5) is 22.7. The Labute approximate surface area is 99.8 Å². The van der Waals surface area contributed by atoms with Crippen LogP contribution in [0.3, 0.4) is 0 Å². The van der Waals surface area contributed by atoms with Crippen molar-refractivity contribution in [2.45, 2.75) is 20.3 Å². The molecule has 1 rings (SSSR count). The van der Waals surface area contributed by atoms with Crippen molar-refractivity contribution in [3.63, 3.8) is 0 Å². The lowest BCUT2D eigenvalue weighted by Gasteiger charge is -2.17. The van der Waals surface area contributed by atoms with Crippen molar-refractivity contribution >= 4 is 17.5 Å². The van der Waals surface area contributed by atoms with E-state index in [-0.39, 0.29) is 12.1 Å². The van der Waals surface area contributed by atoms with Crippen molar-refractivity contribution in [2.24, 2.45) is 5.41 Å². The van der Waals surface area contributed by atoms with Gasteiger partial charge in [-0.05, 0) is 19.4 Å². The fourth-order valence-electron chi connectivity index (χ4n) is 1.35. The average Bonchev–Trinajstić information content (AvgIpc) is 2.29. The van der Waals surface area contributed by atoms with Crippen molar-refractivity contribution < 1.29 is 14.7 Å². The van der Waals surface area contributed by atoms with Gasteiger partial charge in [-0.25, -0.2) is 0 Å². The minimum Gasteiger partial charge on any atom is -0.481 e. The Morgan fingerprint density at radius 1 is 1.24 bits per heavy atom. The Balaban J connectivity index is 2.79. The van der Waals surface area contributed by atoms with E-state index in [2.05, 4.69) is 0 Å². The van der Waals surface area contributed by atoms with E-state index in [4.69, 9.17) is 10.5 Å². The molecule has 4 nitrogen and oxygen atoms in total. The molecule has 2 N–H and O–H groups in total. The zero-order valence-corrected chi connectivity index (χ0v) is 9.86. The lowest BCUT2D eigenvalue weighted by Crippen LogP contribution is -2.38. The van der Waals surface area contributed by atoms with E-state index in [0.29, 0.717) is 0 Å². The van der Waals surface area contributed by atoms with Crippen molar-refractivity contribution in [2.75, 3.05) is 0 Å². The third kappa shape index (κ3) is 3.00. The van der Waals surface area contributed by atoms with E-state index in [1.165, 1.54) is 13.8 Å². The second-order valence-corrected chi connectivity index (χ2v) is 4.40. The second kappa shape index (κ2) is 4.91. The summed E-state index contributed by atoms with van der Waals surface area (Å²) in [5.74, 6) is -1.85. The van der Waals surface area contributed by atoms with Gasteiger partial charge in [-0.1, -0.05) is 30.3 Å². The van der Waals surface area contributed by atoms with Crippen LogP contribution in [0, 0.1) is 10.8 Å². The number of carboxylic acids is 1. The first-order valence-electron chi connectivity index (χ1n) is 5.25. The van der Waals surface area contributed by atoms with E-state index in [0.717, 1.165) is 5.56 Å². The van der Waals surface area contributed by atoms with Gasteiger partial charge in [-0.3, -0.25) is 9.59 Å². The molecule has 0 radical (unpaired) electrons. The first-order chi connectivity index (χ1) is 7.85. The first kappa shape index (κ1) is 13.1. The van der Waals surface area contributed by atoms with Crippen LogP contribution in [0.1, 0.15) is 19.4 Å². The number of nitrogens with one attached hydrogen (secondary N) is 1. The summed E-state index contributed by atoms with van der Waals surface area (Å²) < 4.78 is 0. The van der Waals surface area contributed by atoms with Gasteiger partial charge in [0, 0.05) is 6.42 Å². The van der Waals surface area contributed by atoms with E-state index in [9.17, 15) is 9.59 Å². The van der Waals surface area contributed by atoms with Crippen molar-refractivity contribution in [1.29, 1.82) is 5.41 Å². The molecule has 0 amide bonds. The number of hydrogen-bond acceptors (Lipinski definition) is 3. The third-order valence-electron chi connectivity index (χ3n) is 2.60. The maximum absolute atomic E-state index is 11.8. The Bertz CT molecular complexity index is 449. The molecular weight excluding hydrogens is 218 g/mol. The van der Waals surface area contributed by atoms with Crippen molar-refractivity contribution in [3.05, 3.63) is 35.9 Å². The monoisotopic (exact) mass is 233 g/mol. The Hall–Kier alpha value is -1.97. The summed E-state index contributed by atoms with van der Waals surface area (Å²) in [6.45, 7) is 2.63. The molecule has 0 aromatic heterocycles. The standard InChI is InChI=1S/C13H15NO3/c1-13(2,12(16)17)11(15)10(14)8-9-6-4-3-5-7-9/h3-7,14H,8H2,1-2H3,(H,16,17). The SMILES string of the molecule is CC(C)(C(=O)O)C(=O)C(=N)Cc1ccccc1. The molecule has 1 aromatic rings. The molecule has 0 aliphatic heterocycles. The lowest BCUT2D eigenvalue weighted by molar-refractivity contribution is -0.150. The summed E-state index contributed by atoms with van der Waals surface area (Å²) in [6.07, 6.45) is 0.163. The molecular formula is C13H15NO3. The molecule has 17 heavy (non-hydrogen) atoms. The predicted molar refractivity (Wildman–Crippen MR) is 64.3 cm³/mol. The van der Waals surface area contributed by atoms with E-state index >= 15 is 0 Å². The Morgan fingerprint density at radius 2 is 1.76 bits per heavy atom. The Kier molecular flexibility index (Phi) is 3.78. The Morgan fingerprint density at radius 3 is 2.24 bits per heavy atom. The highest BCUT2D eigenvalue weighted by Crippen LogP contribution is 2.18. The molecule has 90 valence electrons. The molecule has 0 aliphatic rings. The molecule has 0 saturated carbocycles. The summed E-state index contributed by atoms with van der Waals surface area (Å²) in [5, 5.41) is 16.6. The summed E-state index contributed by atoms with van der Waals surface area (Å²) in [5.41, 5.74) is -0.887. The molecule has 0 heterocycles. The van der Waals surface area contributed by atoms with Crippen LogP contribution in [-0.2, 0) is 16.0 Å². The van der Waals surface area contributed by atoms with Gasteiger partial charge in [0.1, 0.15) is 5.41 Å². The summed E-state index contributed by atoms with van der Waals surface area (Å²) in [7, 11) is 0. The van der Waals surface area contributed by atoms with Crippen LogP contribution >= 0.6 is 0 Å². The number of benzene rings is 1. The maximum Gasteiger partial charge on any atom is 0.317 e. The zero-order valence-electron chi connectivity index (χ0n) is 9.86. The van der Waals surface area contributed by atoms with Gasteiger partial charge in [-0.15, -0.1) is 0 Å². The zero-order chi connectivity index (χ0) is 13.1. The van der Waals surface area contributed by atoms with Gasteiger partial charge in [0.05, 0.1) is 5.71 Å². The normalized spacial score (nSPS) is 10.9. The van der Waals surface area contributed by atoms with Crippen LogP contribution in [0.25, 0.3) is 0 Å². The first-order valence-corrected chi connectivity index (χ1v) is 5.25. The highest BCUT2D eigenvalue weighted by atomic mass is 16.4. The molecule has 0 atom stereocenters. The van der Waals surface area contributed by atoms with Crippen molar-refractivity contribution in [3.8, 4) is 0 Å². The third-order valence-corrected chi connectivity index (χ3v) is 2.60. The topological polar surface area (TPSA) is 78.2 Å². The highest BCUT2D eigenvalue weighted by Gasteiger charge is 2.37. The van der Waals surface area contributed by atoms with E-state index in [1.54, 1.807) is 12.1 Å². The van der Waals surface area contributed by atoms with Gasteiger partial charge < -0.3 is 10.5 Å². The molecule has 0 fully saturated rings. The van der Waals surface area contributed by atoms with Gasteiger partial charge in [0.2, 0.25) is 0 Å². The van der Waals surface area contributed by atoms with Crippen LogP contribution in [-0.4, -0.2) is 22.6 Å². The predicted octanol–water partition coefficient (Wildman–Crippen LogP) is 1.93. The fourth-order valence-corrected chi connectivity index (χ4v) is 1.35. The molecule has 0 unspecified atom stereocenters. The number of Topliss-reactive ketones (excluding diaryl/α,β-unsaturated/α-hetero) is 1. The van der Waals surface area contributed by atoms with Crippen molar-refractivity contribution in [1.82, 2.24) is 0 Å². The molecule has 0 bridgehead atoms. The molecule has 0 spiro atoms. The number of carbonyl (C=O) groups excluding carboxylic acids is 1. The minimum atomic E-state index is -1.54. The fraction of sp³-hybridized carbons (Fsp3) is 0.308. The maximum atomic E-state index is 11.8. The smallest absolute Gasteiger partial charge is 0.317 e. The van der Waals surface area contributed by atoms with Gasteiger partial charge >= 0.3 is 5.97 Å². The van der Waals surface area contributed by atoms with E-state index in [1.807, 2.05) is 18.2 Å². The summed E-state index contributed by atoms with van der Waals surface area (Å²) >= 11 is 0. The highest BCUT2D eigenvalue weighted by molar-refractivity contribution is 6.43. The number of aliphatic carboxylic acids is 1. The van der Waals surface area contributed by atoms with Crippen LogP contribution in [0.5, 0.6) is 0 Å². The number of carboxylic acid groups (broad SMARTS) is 1. The second-order valence-electron chi connectivity index (χ2n) is 4.40. The minimum absolute atomic E-state index is 0.163. The number of rotatable bonds is 5.